The fraction of sp³-hybridized carbons (Fsp3) is 0.444. The Bertz CT molecular complexity index is 967. The van der Waals surface area contributed by atoms with Crippen LogP contribution in [0.1, 0.15) is 59.3 Å². The van der Waals surface area contributed by atoms with Crippen LogP contribution in [0.5, 0.6) is 5.75 Å². The van der Waals surface area contributed by atoms with Crippen molar-refractivity contribution in [2.45, 2.75) is 52.7 Å². The Morgan fingerprint density at radius 1 is 1.19 bits per heavy atom. The molecule has 1 heterocycles. The second kappa shape index (κ2) is 9.68. The van der Waals surface area contributed by atoms with E-state index in [1.54, 1.807) is 21.0 Å². The molecule has 0 amide bonds. The highest BCUT2D eigenvalue weighted by Crippen LogP contribution is 2.28. The summed E-state index contributed by atoms with van der Waals surface area (Å²) < 4.78 is 5.44. The first kappa shape index (κ1) is 23.1. The molecule has 1 N–H and O–H groups in total. The number of rotatable bonds is 5. The summed E-state index contributed by atoms with van der Waals surface area (Å²) in [5.74, 6) is 6.96. The van der Waals surface area contributed by atoms with Gasteiger partial charge >= 0.3 is 0 Å². The summed E-state index contributed by atoms with van der Waals surface area (Å²) in [6.07, 6.45) is 1.96. The minimum atomic E-state index is -0.991. The number of methoxy groups -OCH3 is 1. The molecule has 0 spiro atoms. The summed E-state index contributed by atoms with van der Waals surface area (Å²) >= 11 is 0. The fourth-order valence-corrected chi connectivity index (χ4v) is 4.24. The van der Waals surface area contributed by atoms with Gasteiger partial charge in [0.2, 0.25) is 0 Å². The molecule has 0 bridgehead atoms. The second-order valence-corrected chi connectivity index (χ2v) is 9.09. The van der Waals surface area contributed by atoms with E-state index in [4.69, 9.17) is 4.74 Å². The summed E-state index contributed by atoms with van der Waals surface area (Å²) in [5.41, 5.74) is 3.91. The van der Waals surface area contributed by atoms with Crippen molar-refractivity contribution in [3.63, 3.8) is 0 Å². The minimum absolute atomic E-state index is 0.0258. The zero-order valence-corrected chi connectivity index (χ0v) is 19.3. The van der Waals surface area contributed by atoms with Gasteiger partial charge in [-0.2, -0.15) is 0 Å². The molecule has 1 atom stereocenters. The number of Topliss-reactive ketones (excluding diaryl/α,β-unsaturated/α-hetero) is 1. The molecule has 1 fully saturated rings. The van der Waals surface area contributed by atoms with Gasteiger partial charge in [-0.25, -0.2) is 0 Å². The van der Waals surface area contributed by atoms with E-state index < -0.39 is 5.60 Å². The Morgan fingerprint density at radius 2 is 1.84 bits per heavy atom. The quantitative estimate of drug-likeness (QED) is 0.571. The maximum Gasteiger partial charge on any atom is 0.167 e. The van der Waals surface area contributed by atoms with Gasteiger partial charge in [-0.3, -0.25) is 9.69 Å². The number of hydrogen-bond donors (Lipinski definition) is 1. The van der Waals surface area contributed by atoms with Crippen molar-refractivity contribution in [1.82, 2.24) is 4.90 Å². The van der Waals surface area contributed by atoms with Crippen molar-refractivity contribution in [1.29, 1.82) is 0 Å². The fourth-order valence-electron chi connectivity index (χ4n) is 4.24. The van der Waals surface area contributed by atoms with Gasteiger partial charge in [0, 0.05) is 30.1 Å². The number of likely N-dealkylation sites (tertiary alicyclic amines) is 1. The van der Waals surface area contributed by atoms with Crippen LogP contribution in [0, 0.1) is 31.6 Å². The third-order valence-electron chi connectivity index (χ3n) is 5.70. The number of piperidine rings is 1. The molecule has 0 aromatic heterocycles. The first-order valence-electron chi connectivity index (χ1n) is 10.9. The lowest BCUT2D eigenvalue weighted by Crippen LogP contribution is -2.38. The summed E-state index contributed by atoms with van der Waals surface area (Å²) in [5, 5.41) is 9.74. The number of aliphatic hydroxyl groups is 1. The van der Waals surface area contributed by atoms with E-state index in [1.807, 2.05) is 38.1 Å². The number of ether oxygens (including phenoxy) is 1. The number of carbonyl (C=O) groups excluding carboxylic acids is 1. The maximum atomic E-state index is 13.2. The van der Waals surface area contributed by atoms with Crippen molar-refractivity contribution in [3.05, 3.63) is 64.2 Å². The molecule has 1 aliphatic rings. The molecule has 0 radical (unpaired) electrons. The van der Waals surface area contributed by atoms with Gasteiger partial charge in [-0.1, -0.05) is 24.0 Å². The van der Waals surface area contributed by atoms with Crippen molar-refractivity contribution >= 4 is 5.78 Å². The molecule has 1 saturated heterocycles. The van der Waals surface area contributed by atoms with Crippen LogP contribution in [0.4, 0.5) is 0 Å². The minimum Gasteiger partial charge on any atom is -0.496 e. The van der Waals surface area contributed by atoms with E-state index in [2.05, 4.69) is 28.9 Å². The molecule has 2 aromatic rings. The SMILES string of the molecule is COc1c(C)cc(C(=O)[C@H]2CCCN(Cc3ccc(C#CC(C)(C)O)cc3)C2)cc1C. The van der Waals surface area contributed by atoms with Crippen LogP contribution in [0.25, 0.3) is 0 Å². The molecule has 0 unspecified atom stereocenters. The first-order chi connectivity index (χ1) is 14.7. The molecule has 0 saturated carbocycles. The molecule has 31 heavy (non-hydrogen) atoms. The smallest absolute Gasteiger partial charge is 0.167 e. The Labute approximate surface area is 186 Å². The van der Waals surface area contributed by atoms with Crippen LogP contribution < -0.4 is 4.74 Å². The summed E-state index contributed by atoms with van der Waals surface area (Å²) in [6.45, 7) is 9.95. The Hall–Kier alpha value is -2.61. The van der Waals surface area contributed by atoms with Crippen LogP contribution in [0.15, 0.2) is 36.4 Å². The van der Waals surface area contributed by atoms with Gasteiger partial charge in [0.25, 0.3) is 0 Å². The highest BCUT2D eigenvalue weighted by molar-refractivity contribution is 5.98. The molecule has 4 heteroatoms. The van der Waals surface area contributed by atoms with E-state index in [0.29, 0.717) is 0 Å². The molecule has 3 rings (SSSR count). The highest BCUT2D eigenvalue weighted by Gasteiger charge is 2.27. The number of hydrogen-bond acceptors (Lipinski definition) is 4. The third kappa shape index (κ3) is 6.19. The van der Waals surface area contributed by atoms with Crippen LogP contribution >= 0.6 is 0 Å². The van der Waals surface area contributed by atoms with Gasteiger partial charge < -0.3 is 9.84 Å². The maximum absolute atomic E-state index is 13.2. The standard InChI is InChI=1S/C27H33NO3/c1-19-15-24(16-20(2)26(19)31-5)25(29)23-7-6-14-28(18-23)17-22-10-8-21(9-11-22)12-13-27(3,4)30/h8-11,15-16,23,30H,6-7,14,17-18H2,1-5H3/t23-/m0/s1. The van der Waals surface area contributed by atoms with E-state index >= 15 is 0 Å². The van der Waals surface area contributed by atoms with E-state index in [0.717, 1.165) is 60.5 Å². The topological polar surface area (TPSA) is 49.8 Å². The monoisotopic (exact) mass is 419 g/mol. The number of aryl methyl sites for hydroxylation is 2. The Balaban J connectivity index is 1.65. The predicted molar refractivity (Wildman–Crippen MR) is 124 cm³/mol. The average Bonchev–Trinajstić information content (AvgIpc) is 2.72. The zero-order chi connectivity index (χ0) is 22.6. The number of carbonyl (C=O) groups is 1. The summed E-state index contributed by atoms with van der Waals surface area (Å²) in [4.78, 5) is 15.6. The predicted octanol–water partition coefficient (Wildman–Crippen LogP) is 4.53. The largest absolute Gasteiger partial charge is 0.496 e. The average molecular weight is 420 g/mol. The molecular formula is C27H33NO3. The van der Waals surface area contributed by atoms with Crippen molar-refractivity contribution in [2.75, 3.05) is 20.2 Å². The van der Waals surface area contributed by atoms with Crippen molar-refractivity contribution in [3.8, 4) is 17.6 Å². The van der Waals surface area contributed by atoms with Gasteiger partial charge in [0.1, 0.15) is 11.4 Å². The van der Waals surface area contributed by atoms with Crippen LogP contribution in [-0.2, 0) is 6.54 Å². The van der Waals surface area contributed by atoms with Gasteiger partial charge in [-0.05, 0) is 88.0 Å². The van der Waals surface area contributed by atoms with Crippen LogP contribution in [0.3, 0.4) is 0 Å². The van der Waals surface area contributed by atoms with Crippen molar-refractivity contribution < 1.29 is 14.6 Å². The number of benzene rings is 2. The normalized spacial score (nSPS) is 17.0. The van der Waals surface area contributed by atoms with Crippen molar-refractivity contribution in [2.24, 2.45) is 5.92 Å². The third-order valence-corrected chi connectivity index (χ3v) is 5.70. The van der Waals surface area contributed by atoms with Crippen LogP contribution in [0.2, 0.25) is 0 Å². The van der Waals surface area contributed by atoms with Crippen LogP contribution in [-0.4, -0.2) is 41.6 Å². The summed E-state index contributed by atoms with van der Waals surface area (Å²) in [6, 6.07) is 12.1. The molecular weight excluding hydrogens is 386 g/mol. The lowest BCUT2D eigenvalue weighted by Gasteiger charge is -2.32. The Morgan fingerprint density at radius 3 is 2.42 bits per heavy atom. The molecule has 2 aromatic carbocycles. The molecule has 4 nitrogen and oxygen atoms in total. The van der Waals surface area contributed by atoms with E-state index in [9.17, 15) is 9.90 Å². The van der Waals surface area contributed by atoms with E-state index in [-0.39, 0.29) is 11.7 Å². The highest BCUT2D eigenvalue weighted by atomic mass is 16.5. The lowest BCUT2D eigenvalue weighted by molar-refractivity contribution is 0.0811. The first-order valence-corrected chi connectivity index (χ1v) is 10.9. The lowest BCUT2D eigenvalue weighted by atomic mass is 9.88. The molecule has 164 valence electrons. The second-order valence-electron chi connectivity index (χ2n) is 9.09. The number of ketones is 1. The van der Waals surface area contributed by atoms with Gasteiger partial charge in [0.05, 0.1) is 7.11 Å². The van der Waals surface area contributed by atoms with E-state index in [1.165, 1.54) is 5.56 Å². The van der Waals surface area contributed by atoms with Gasteiger partial charge in [-0.15, -0.1) is 0 Å². The zero-order valence-electron chi connectivity index (χ0n) is 19.3. The van der Waals surface area contributed by atoms with Gasteiger partial charge in [0.15, 0.2) is 5.78 Å². The molecule has 0 aliphatic carbocycles. The molecule has 1 aliphatic heterocycles. The Kier molecular flexibility index (Phi) is 7.20. The summed E-state index contributed by atoms with van der Waals surface area (Å²) in [7, 11) is 1.67. The number of nitrogens with zero attached hydrogens (tertiary/aromatic N) is 1.